The van der Waals surface area contributed by atoms with E-state index in [4.69, 9.17) is 18.9 Å². The van der Waals surface area contributed by atoms with Crippen molar-refractivity contribution in [2.24, 2.45) is 50.7 Å². The predicted octanol–water partition coefficient (Wildman–Crippen LogP) is 5.58. The van der Waals surface area contributed by atoms with Crippen LogP contribution in [0.2, 0.25) is 0 Å². The zero-order chi connectivity index (χ0) is 34.7. The molecule has 2 saturated heterocycles. The summed E-state index contributed by atoms with van der Waals surface area (Å²) < 4.78 is 26.3. The SMILES string of the molecule is CCOC(C1CC(C)C2C(O1)C(O)C1(C)C3CCC4C(C)(C)C(OC5CN(CCN(C)C)CCO5)CCC45CC35CCC21C)C(C)(C)O. The summed E-state index contributed by atoms with van der Waals surface area (Å²) in [6.07, 6.45) is 8.12. The average molecular weight is 675 g/mol. The molecule has 14 unspecified atom stereocenters. The Balaban J connectivity index is 1.10. The molecule has 7 rings (SSSR count). The maximum atomic E-state index is 12.6. The fourth-order valence-corrected chi connectivity index (χ4v) is 14.2. The number of aliphatic hydroxyl groups excluding tert-OH is 1. The molecule has 0 amide bonds. The number of hydrogen-bond donors (Lipinski definition) is 2. The Labute approximate surface area is 291 Å². The quantitative estimate of drug-likeness (QED) is 0.328. The molecule has 0 bridgehead atoms. The molecule has 14 atom stereocenters. The first kappa shape index (κ1) is 36.1. The fraction of sp³-hybridized carbons (Fsp3) is 1.00. The Hall–Kier alpha value is -0.320. The van der Waals surface area contributed by atoms with E-state index in [2.05, 4.69) is 58.5 Å². The number of ether oxygens (including phenoxy) is 4. The van der Waals surface area contributed by atoms with Gasteiger partial charge in [-0.3, -0.25) is 4.90 Å². The van der Waals surface area contributed by atoms with Gasteiger partial charge in [0.25, 0.3) is 0 Å². The number of likely N-dealkylation sites (N-methyl/N-ethyl adjacent to an activating group) is 1. The number of nitrogens with zero attached hydrogens (tertiary/aromatic N) is 2. The minimum atomic E-state index is -1.01. The predicted molar refractivity (Wildman–Crippen MR) is 187 cm³/mol. The molecule has 0 aromatic carbocycles. The van der Waals surface area contributed by atoms with Gasteiger partial charge in [0, 0.05) is 38.2 Å². The van der Waals surface area contributed by atoms with Gasteiger partial charge in [-0.15, -0.1) is 0 Å². The third-order valence-electron chi connectivity index (χ3n) is 16.4. The maximum Gasteiger partial charge on any atom is 0.170 e. The van der Waals surface area contributed by atoms with Crippen LogP contribution in [0.25, 0.3) is 0 Å². The largest absolute Gasteiger partial charge is 0.390 e. The molecular weight excluding hydrogens is 604 g/mol. The van der Waals surface area contributed by atoms with Crippen molar-refractivity contribution in [3.05, 3.63) is 0 Å². The molecule has 7 aliphatic rings. The normalized spacial score (nSPS) is 50.6. The summed E-state index contributed by atoms with van der Waals surface area (Å²) in [5.74, 6) is 1.86. The van der Waals surface area contributed by atoms with Gasteiger partial charge in [0.1, 0.15) is 6.10 Å². The van der Waals surface area contributed by atoms with Crippen LogP contribution >= 0.6 is 0 Å². The monoisotopic (exact) mass is 675 g/mol. The van der Waals surface area contributed by atoms with E-state index in [-0.39, 0.29) is 40.8 Å². The number of morpholine rings is 1. The van der Waals surface area contributed by atoms with Gasteiger partial charge < -0.3 is 34.1 Å². The molecule has 7 fully saturated rings. The van der Waals surface area contributed by atoms with Crippen molar-refractivity contribution in [1.82, 2.24) is 9.80 Å². The van der Waals surface area contributed by atoms with Crippen molar-refractivity contribution < 1.29 is 29.2 Å². The van der Waals surface area contributed by atoms with Crippen molar-refractivity contribution >= 4 is 0 Å². The first-order valence-electron chi connectivity index (χ1n) is 19.8. The molecular formula is C40H70N2O6. The van der Waals surface area contributed by atoms with Crippen molar-refractivity contribution in [2.45, 2.75) is 149 Å². The second kappa shape index (κ2) is 12.1. The van der Waals surface area contributed by atoms with Gasteiger partial charge in [-0.1, -0.05) is 34.6 Å². The summed E-state index contributed by atoms with van der Waals surface area (Å²) in [6.45, 7) is 23.3. The van der Waals surface area contributed by atoms with Gasteiger partial charge >= 0.3 is 0 Å². The molecule has 276 valence electrons. The number of rotatable bonds is 9. The van der Waals surface area contributed by atoms with Crippen molar-refractivity contribution in [3.63, 3.8) is 0 Å². The lowest BCUT2D eigenvalue weighted by molar-refractivity contribution is -0.249. The number of aliphatic hydroxyl groups is 2. The third kappa shape index (κ3) is 5.10. The lowest BCUT2D eigenvalue weighted by Crippen LogP contribution is -2.60. The lowest BCUT2D eigenvalue weighted by atomic mass is 9.41. The van der Waals surface area contributed by atoms with Crippen LogP contribution < -0.4 is 0 Å². The van der Waals surface area contributed by atoms with Crippen LogP contribution in [0.15, 0.2) is 0 Å². The second-order valence-corrected chi connectivity index (χ2v) is 19.6. The molecule has 48 heavy (non-hydrogen) atoms. The minimum Gasteiger partial charge on any atom is -0.390 e. The van der Waals surface area contributed by atoms with E-state index in [9.17, 15) is 10.2 Å². The molecule has 0 aromatic heterocycles. The summed E-state index contributed by atoms with van der Waals surface area (Å²) in [4.78, 5) is 4.76. The zero-order valence-electron chi connectivity index (χ0n) is 32.1. The van der Waals surface area contributed by atoms with Crippen LogP contribution in [0.3, 0.4) is 0 Å². The van der Waals surface area contributed by atoms with Crippen molar-refractivity contribution in [2.75, 3.05) is 53.5 Å². The molecule has 5 aliphatic carbocycles. The lowest BCUT2D eigenvalue weighted by Gasteiger charge is -2.64. The van der Waals surface area contributed by atoms with E-state index in [1.54, 1.807) is 0 Å². The highest BCUT2D eigenvalue weighted by molar-refractivity contribution is 5.33. The Morgan fingerprint density at radius 3 is 2.42 bits per heavy atom. The van der Waals surface area contributed by atoms with Crippen LogP contribution in [0.4, 0.5) is 0 Å². The summed E-state index contributed by atoms with van der Waals surface area (Å²) in [7, 11) is 4.28. The molecule has 8 nitrogen and oxygen atoms in total. The van der Waals surface area contributed by atoms with Gasteiger partial charge in [0.15, 0.2) is 6.29 Å². The minimum absolute atomic E-state index is 0.0243. The topological polar surface area (TPSA) is 83.9 Å². The van der Waals surface area contributed by atoms with Crippen molar-refractivity contribution in [1.29, 1.82) is 0 Å². The van der Waals surface area contributed by atoms with Crippen molar-refractivity contribution in [3.8, 4) is 0 Å². The highest BCUT2D eigenvalue weighted by Gasteiger charge is 2.84. The summed E-state index contributed by atoms with van der Waals surface area (Å²) in [5, 5.41) is 23.7. The Morgan fingerprint density at radius 2 is 1.73 bits per heavy atom. The molecule has 2 heterocycles. The van der Waals surface area contributed by atoms with Gasteiger partial charge in [0.05, 0.1) is 36.6 Å². The molecule has 2 aliphatic heterocycles. The van der Waals surface area contributed by atoms with Crippen LogP contribution in [0.5, 0.6) is 0 Å². The van der Waals surface area contributed by atoms with Crippen LogP contribution in [-0.4, -0.2) is 116 Å². The van der Waals surface area contributed by atoms with Gasteiger partial charge in [-0.25, -0.2) is 0 Å². The molecule has 2 N–H and O–H groups in total. The zero-order valence-corrected chi connectivity index (χ0v) is 32.1. The van der Waals surface area contributed by atoms with E-state index < -0.39 is 17.8 Å². The fourth-order valence-electron chi connectivity index (χ4n) is 14.2. The van der Waals surface area contributed by atoms with Gasteiger partial charge in [-0.05, 0) is 132 Å². The smallest absolute Gasteiger partial charge is 0.170 e. The van der Waals surface area contributed by atoms with Crippen LogP contribution in [-0.2, 0) is 18.9 Å². The second-order valence-electron chi connectivity index (χ2n) is 19.6. The highest BCUT2D eigenvalue weighted by atomic mass is 16.7. The van der Waals surface area contributed by atoms with E-state index in [0.29, 0.717) is 41.1 Å². The van der Waals surface area contributed by atoms with E-state index >= 15 is 0 Å². The summed E-state index contributed by atoms with van der Waals surface area (Å²) >= 11 is 0. The third-order valence-corrected chi connectivity index (χ3v) is 16.4. The molecule has 2 spiro atoms. The standard InChI is InChI=1S/C40H70N2O6/c1-11-45-34(36(5,6)44)26-22-25(2)31-32(47-26)33(43)38(8)28-13-12-27-35(3,4)29(48-30-23-42(20-21-46-30)19-18-41(9)10)14-15-39(27)24-40(28,39)17-16-37(31,38)7/h25-34,43-44H,11-24H2,1-10H3. The first-order valence-corrected chi connectivity index (χ1v) is 19.8. The Kier molecular flexibility index (Phi) is 9.10. The molecule has 5 saturated carbocycles. The van der Waals surface area contributed by atoms with Gasteiger partial charge in [0.2, 0.25) is 0 Å². The molecule has 8 heteroatoms. The number of hydrogen-bond acceptors (Lipinski definition) is 8. The van der Waals surface area contributed by atoms with Gasteiger partial charge in [-0.2, -0.15) is 0 Å². The van der Waals surface area contributed by atoms with E-state index in [1.807, 2.05) is 20.8 Å². The maximum absolute atomic E-state index is 12.6. The molecule has 0 aromatic rings. The van der Waals surface area contributed by atoms with E-state index in [1.165, 1.54) is 38.5 Å². The van der Waals surface area contributed by atoms with E-state index in [0.717, 1.165) is 45.6 Å². The van der Waals surface area contributed by atoms with Crippen LogP contribution in [0.1, 0.15) is 107 Å². The average Bonchev–Trinajstić information content (AvgIpc) is 3.64. The molecule has 0 radical (unpaired) electrons. The Morgan fingerprint density at radius 1 is 1.02 bits per heavy atom. The summed E-state index contributed by atoms with van der Waals surface area (Å²) in [6, 6.07) is 0. The first-order chi connectivity index (χ1) is 22.5. The highest BCUT2D eigenvalue weighted by Crippen LogP contribution is 2.89. The number of fused-ring (bicyclic) bond motifs is 4. The van der Waals surface area contributed by atoms with Crippen LogP contribution in [0, 0.1) is 50.7 Å². The summed E-state index contributed by atoms with van der Waals surface area (Å²) in [5.41, 5.74) is -0.423. The Bertz CT molecular complexity index is 1190.